The van der Waals surface area contributed by atoms with Gasteiger partial charge < -0.3 is 20.6 Å². The molecule has 4 N–H and O–H groups in total. The van der Waals surface area contributed by atoms with E-state index in [2.05, 4.69) is 5.32 Å². The topological polar surface area (TPSA) is 113 Å². The molecule has 0 saturated carbocycles. The lowest BCUT2D eigenvalue weighted by Crippen LogP contribution is -2.62. The summed E-state index contributed by atoms with van der Waals surface area (Å²) in [7, 11) is 0. The highest BCUT2D eigenvalue weighted by Crippen LogP contribution is 2.36. The normalized spacial score (nSPS) is 23.4. The number of carbonyl (C=O) groups excluding carboxylic acids is 1. The number of β-amino-alcohol motifs (C(OH)–C–C–N with tert-alkyl or cyclic N) is 1. The molecule has 0 bridgehead atoms. The van der Waals surface area contributed by atoms with Crippen molar-refractivity contribution in [2.45, 2.75) is 81.8 Å². The molecule has 43 heavy (non-hydrogen) atoms. The lowest BCUT2D eigenvalue weighted by molar-refractivity contribution is -0.128. The van der Waals surface area contributed by atoms with Crippen LogP contribution in [0.2, 0.25) is 0 Å². The Balaban J connectivity index is 1.44. The van der Waals surface area contributed by atoms with Crippen LogP contribution in [0.15, 0.2) is 84.9 Å². The van der Waals surface area contributed by atoms with Gasteiger partial charge in [0.05, 0.1) is 29.8 Å². The lowest BCUT2D eigenvalue weighted by Gasteiger charge is -2.46. The van der Waals surface area contributed by atoms with Gasteiger partial charge in [0.1, 0.15) is 0 Å². The fourth-order valence-electron chi connectivity index (χ4n) is 6.85. The number of fused-ring (bicyclic) bond motifs is 1. The number of carboxylic acid groups (broad SMARTS) is 1. The van der Waals surface area contributed by atoms with E-state index in [9.17, 15) is 24.9 Å². The Kier molecular flexibility index (Phi) is 8.92. The van der Waals surface area contributed by atoms with E-state index in [1.807, 2.05) is 111 Å². The summed E-state index contributed by atoms with van der Waals surface area (Å²) in [6.07, 6.45) is -0.258. The number of hydrogen-bond acceptors (Lipinski definition) is 5. The molecule has 1 fully saturated rings. The largest absolute Gasteiger partial charge is 0.465 e. The maximum atomic E-state index is 14.1. The molecule has 0 aromatic heterocycles. The molecule has 2 amide bonds. The zero-order valence-electron chi connectivity index (χ0n) is 25.2. The van der Waals surface area contributed by atoms with Crippen molar-refractivity contribution in [3.05, 3.63) is 107 Å². The molecule has 1 heterocycles. The van der Waals surface area contributed by atoms with Crippen LogP contribution in [-0.4, -0.2) is 79.5 Å². The average molecular weight is 586 g/mol. The van der Waals surface area contributed by atoms with Crippen LogP contribution < -0.4 is 5.32 Å². The number of hydrogen-bond donors (Lipinski definition) is 4. The van der Waals surface area contributed by atoms with Gasteiger partial charge in [0.25, 0.3) is 0 Å². The van der Waals surface area contributed by atoms with Crippen LogP contribution in [0.4, 0.5) is 4.79 Å². The molecule has 1 saturated heterocycles. The summed E-state index contributed by atoms with van der Waals surface area (Å²) in [5.41, 5.74) is 1.70. The first-order valence-corrected chi connectivity index (χ1v) is 15.1. The van der Waals surface area contributed by atoms with Crippen molar-refractivity contribution in [2.24, 2.45) is 0 Å². The Morgan fingerprint density at radius 2 is 1.53 bits per heavy atom. The van der Waals surface area contributed by atoms with Crippen LogP contribution in [-0.2, 0) is 24.1 Å². The van der Waals surface area contributed by atoms with Crippen molar-refractivity contribution in [2.75, 3.05) is 13.1 Å². The van der Waals surface area contributed by atoms with Gasteiger partial charge in [-0.3, -0.25) is 14.6 Å². The second-order valence-electron chi connectivity index (χ2n) is 13.0. The van der Waals surface area contributed by atoms with Crippen LogP contribution in [0, 0.1) is 0 Å². The second kappa shape index (κ2) is 12.5. The Morgan fingerprint density at radius 1 is 0.953 bits per heavy atom. The number of benzene rings is 3. The Morgan fingerprint density at radius 3 is 2.14 bits per heavy atom. The highest BCUT2D eigenvalue weighted by Gasteiger charge is 2.51. The van der Waals surface area contributed by atoms with Crippen LogP contribution in [0.1, 0.15) is 55.5 Å². The first-order valence-electron chi connectivity index (χ1n) is 15.1. The van der Waals surface area contributed by atoms with Crippen molar-refractivity contribution in [1.29, 1.82) is 0 Å². The number of likely N-dealkylation sites (tertiary alicyclic amines) is 1. The third kappa shape index (κ3) is 6.77. The second-order valence-corrected chi connectivity index (χ2v) is 13.0. The summed E-state index contributed by atoms with van der Waals surface area (Å²) in [5.74, 6) is -0.223. The third-order valence-corrected chi connectivity index (χ3v) is 8.96. The van der Waals surface area contributed by atoms with E-state index >= 15 is 0 Å². The highest BCUT2D eigenvalue weighted by molar-refractivity contribution is 5.83. The monoisotopic (exact) mass is 585 g/mol. The zero-order chi connectivity index (χ0) is 30.8. The van der Waals surface area contributed by atoms with Crippen LogP contribution in [0.3, 0.4) is 0 Å². The maximum absolute atomic E-state index is 14.1. The Bertz CT molecular complexity index is 1410. The molecule has 0 spiro atoms. The standard InChI is InChI=1S/C35H43N3O5/c1-34(2,3)38(33(41)42)30(21-25-14-8-5-9-15-25)35(43)18-19-37(23-35)28(20-24-12-6-4-7-13-24)32(40)36-31-27-17-11-10-16-26(27)22-29(31)39/h4-17,28-31,39,43H,18-23H2,1-3H3,(H,36,40)(H,41,42)/t28-,29+,30-,31-,35+/m0/s1. The van der Waals surface area contributed by atoms with E-state index in [-0.39, 0.29) is 12.5 Å². The minimum Gasteiger partial charge on any atom is -0.465 e. The summed E-state index contributed by atoms with van der Waals surface area (Å²) >= 11 is 0. The smallest absolute Gasteiger partial charge is 0.408 e. The molecule has 3 aromatic carbocycles. The van der Waals surface area contributed by atoms with E-state index in [0.29, 0.717) is 32.2 Å². The summed E-state index contributed by atoms with van der Waals surface area (Å²) in [4.78, 5) is 30.1. The van der Waals surface area contributed by atoms with Crippen molar-refractivity contribution in [3.63, 3.8) is 0 Å². The fraction of sp³-hybridized carbons (Fsp3) is 0.429. The van der Waals surface area contributed by atoms with E-state index in [0.717, 1.165) is 22.3 Å². The fourth-order valence-corrected chi connectivity index (χ4v) is 6.85. The number of carbonyl (C=O) groups is 2. The molecule has 5 atom stereocenters. The molecule has 1 aliphatic heterocycles. The van der Waals surface area contributed by atoms with Gasteiger partial charge in [-0.2, -0.15) is 0 Å². The van der Waals surface area contributed by atoms with Crippen molar-refractivity contribution in [1.82, 2.24) is 15.1 Å². The number of amides is 2. The molecular weight excluding hydrogens is 542 g/mol. The van der Waals surface area contributed by atoms with Gasteiger partial charge in [0, 0.05) is 25.0 Å². The van der Waals surface area contributed by atoms with Crippen molar-refractivity contribution < 1.29 is 24.9 Å². The van der Waals surface area contributed by atoms with E-state index in [4.69, 9.17) is 0 Å². The molecule has 3 aromatic rings. The van der Waals surface area contributed by atoms with Crippen molar-refractivity contribution in [3.8, 4) is 0 Å². The van der Waals surface area contributed by atoms with E-state index in [1.54, 1.807) is 0 Å². The molecule has 8 heteroatoms. The van der Waals surface area contributed by atoms with E-state index in [1.165, 1.54) is 4.90 Å². The maximum Gasteiger partial charge on any atom is 0.408 e. The Hall–Kier alpha value is -3.72. The molecule has 0 radical (unpaired) electrons. The average Bonchev–Trinajstić information content (AvgIpc) is 3.51. The molecule has 0 unspecified atom stereocenters. The van der Waals surface area contributed by atoms with Crippen LogP contribution >= 0.6 is 0 Å². The first-order chi connectivity index (χ1) is 20.5. The number of aliphatic hydroxyl groups is 2. The van der Waals surface area contributed by atoms with Gasteiger partial charge >= 0.3 is 6.09 Å². The van der Waals surface area contributed by atoms with Gasteiger partial charge in [0.2, 0.25) is 5.91 Å². The predicted molar refractivity (Wildman–Crippen MR) is 166 cm³/mol. The zero-order valence-corrected chi connectivity index (χ0v) is 25.2. The quantitative estimate of drug-likeness (QED) is 0.300. The summed E-state index contributed by atoms with van der Waals surface area (Å²) in [6.45, 7) is 6.08. The van der Waals surface area contributed by atoms with Crippen LogP contribution in [0.25, 0.3) is 0 Å². The summed E-state index contributed by atoms with van der Waals surface area (Å²) in [5, 5.41) is 36.6. The van der Waals surface area contributed by atoms with E-state index < -0.39 is 41.5 Å². The molecule has 1 aliphatic carbocycles. The van der Waals surface area contributed by atoms with Crippen molar-refractivity contribution >= 4 is 12.0 Å². The molecule has 2 aliphatic rings. The predicted octanol–water partition coefficient (Wildman–Crippen LogP) is 4.20. The lowest BCUT2D eigenvalue weighted by atomic mass is 9.84. The summed E-state index contributed by atoms with van der Waals surface area (Å²) in [6, 6.07) is 25.3. The number of rotatable bonds is 9. The minimum atomic E-state index is -1.39. The van der Waals surface area contributed by atoms with Gasteiger partial charge in [-0.25, -0.2) is 4.79 Å². The molecule has 228 valence electrons. The van der Waals surface area contributed by atoms with Gasteiger partial charge in [-0.05, 0) is 62.3 Å². The highest BCUT2D eigenvalue weighted by atomic mass is 16.4. The summed E-state index contributed by atoms with van der Waals surface area (Å²) < 4.78 is 0. The molecule has 8 nitrogen and oxygen atoms in total. The van der Waals surface area contributed by atoms with Crippen LogP contribution in [0.5, 0.6) is 0 Å². The first kappa shape index (κ1) is 30.7. The number of nitrogens with zero attached hydrogens (tertiary/aromatic N) is 2. The molecular formula is C35H43N3O5. The van der Waals surface area contributed by atoms with Gasteiger partial charge in [-0.1, -0.05) is 84.9 Å². The number of aliphatic hydroxyl groups excluding tert-OH is 1. The molecule has 5 rings (SSSR count). The van der Waals surface area contributed by atoms with Gasteiger partial charge in [-0.15, -0.1) is 0 Å². The minimum absolute atomic E-state index is 0.138. The third-order valence-electron chi connectivity index (χ3n) is 8.96. The SMILES string of the molecule is CC(C)(C)N(C(=O)O)[C@@H](Cc1ccccc1)[C@@]1(O)CCN([C@@H](Cc2ccccc2)C(=O)N[C@H]2c3ccccc3C[C@H]2O)C1. The Labute approximate surface area is 254 Å². The van der Waals surface area contributed by atoms with Gasteiger partial charge in [0.15, 0.2) is 0 Å². The number of nitrogens with one attached hydrogen (secondary N) is 1.